The van der Waals surface area contributed by atoms with E-state index < -0.39 is 0 Å². The zero-order valence-electron chi connectivity index (χ0n) is 10.9. The van der Waals surface area contributed by atoms with Crippen LogP contribution in [0.3, 0.4) is 0 Å². The van der Waals surface area contributed by atoms with E-state index in [1.807, 2.05) is 0 Å². The predicted octanol–water partition coefficient (Wildman–Crippen LogP) is 1.68. The van der Waals surface area contributed by atoms with E-state index >= 15 is 0 Å². The average Bonchev–Trinajstić information content (AvgIpc) is 2.46. The SMILES string of the molecule is N#Cc1cc(N)cnc1N1CCOC2CCCCC21. The molecule has 1 aromatic heterocycles. The van der Waals surface area contributed by atoms with Crippen molar-refractivity contribution in [3.8, 4) is 6.07 Å². The van der Waals surface area contributed by atoms with Crippen molar-refractivity contribution < 1.29 is 4.74 Å². The number of ether oxygens (including phenoxy) is 1. The molecular formula is C14H18N4O. The van der Waals surface area contributed by atoms with Crippen LogP contribution in [0.4, 0.5) is 11.5 Å². The summed E-state index contributed by atoms with van der Waals surface area (Å²) in [4.78, 5) is 6.63. The van der Waals surface area contributed by atoms with Crippen LogP contribution in [-0.4, -0.2) is 30.3 Å². The molecule has 5 nitrogen and oxygen atoms in total. The summed E-state index contributed by atoms with van der Waals surface area (Å²) in [6, 6.07) is 4.26. The number of hydrogen-bond acceptors (Lipinski definition) is 5. The molecule has 0 spiro atoms. The minimum absolute atomic E-state index is 0.286. The van der Waals surface area contributed by atoms with E-state index in [-0.39, 0.29) is 6.10 Å². The Kier molecular flexibility index (Phi) is 3.26. The fourth-order valence-electron chi connectivity index (χ4n) is 3.14. The first-order chi connectivity index (χ1) is 9.29. The maximum atomic E-state index is 9.27. The van der Waals surface area contributed by atoms with Gasteiger partial charge in [-0.3, -0.25) is 0 Å². The number of hydrogen-bond donors (Lipinski definition) is 1. The maximum absolute atomic E-state index is 9.27. The standard InChI is InChI=1S/C14H18N4O/c15-8-10-7-11(16)9-17-14(10)18-5-6-19-13-4-2-1-3-12(13)18/h7,9,12-13H,1-6,16H2. The number of rotatable bonds is 1. The largest absolute Gasteiger partial charge is 0.397 e. The van der Waals surface area contributed by atoms with Gasteiger partial charge in [0.2, 0.25) is 0 Å². The summed E-state index contributed by atoms with van der Waals surface area (Å²) in [7, 11) is 0. The third-order valence-electron chi connectivity index (χ3n) is 4.01. The minimum atomic E-state index is 0.286. The molecule has 3 rings (SSSR count). The molecule has 0 amide bonds. The molecule has 1 aliphatic carbocycles. The molecule has 1 aromatic rings. The molecule has 0 aromatic carbocycles. The van der Waals surface area contributed by atoms with Crippen molar-refractivity contribution in [3.05, 3.63) is 17.8 Å². The number of nitriles is 1. The minimum Gasteiger partial charge on any atom is -0.397 e. The van der Waals surface area contributed by atoms with Crippen molar-refractivity contribution >= 4 is 11.5 Å². The van der Waals surface area contributed by atoms with Gasteiger partial charge in [0, 0.05) is 6.54 Å². The zero-order valence-corrected chi connectivity index (χ0v) is 10.9. The fourth-order valence-corrected chi connectivity index (χ4v) is 3.14. The van der Waals surface area contributed by atoms with Crippen LogP contribution in [0.2, 0.25) is 0 Å². The van der Waals surface area contributed by atoms with E-state index in [0.29, 0.717) is 23.9 Å². The van der Waals surface area contributed by atoms with Crippen molar-refractivity contribution in [2.24, 2.45) is 0 Å². The van der Waals surface area contributed by atoms with Crippen molar-refractivity contribution in [2.75, 3.05) is 23.8 Å². The quantitative estimate of drug-likeness (QED) is 0.829. The highest BCUT2D eigenvalue weighted by molar-refractivity contribution is 5.59. The molecule has 0 bridgehead atoms. The van der Waals surface area contributed by atoms with Crippen LogP contribution in [0, 0.1) is 11.3 Å². The molecule has 100 valence electrons. The van der Waals surface area contributed by atoms with E-state index in [0.717, 1.165) is 25.2 Å². The van der Waals surface area contributed by atoms with Gasteiger partial charge in [0.05, 0.1) is 36.2 Å². The normalized spacial score (nSPS) is 26.6. The number of fused-ring (bicyclic) bond motifs is 1. The van der Waals surface area contributed by atoms with E-state index in [9.17, 15) is 5.26 Å². The lowest BCUT2D eigenvalue weighted by Crippen LogP contribution is -2.53. The summed E-state index contributed by atoms with van der Waals surface area (Å²) in [5.41, 5.74) is 6.80. The molecule has 1 saturated heterocycles. The van der Waals surface area contributed by atoms with Gasteiger partial charge in [0.25, 0.3) is 0 Å². The first kappa shape index (κ1) is 12.2. The Hall–Kier alpha value is -1.80. The molecule has 2 atom stereocenters. The third-order valence-corrected chi connectivity index (χ3v) is 4.01. The Morgan fingerprint density at radius 2 is 2.26 bits per heavy atom. The second kappa shape index (κ2) is 5.06. The van der Waals surface area contributed by atoms with Crippen LogP contribution in [0.5, 0.6) is 0 Å². The van der Waals surface area contributed by atoms with Crippen LogP contribution < -0.4 is 10.6 Å². The number of anilines is 2. The number of nitrogens with two attached hydrogens (primary N) is 1. The lowest BCUT2D eigenvalue weighted by atomic mass is 9.90. The molecule has 2 aliphatic rings. The molecule has 2 fully saturated rings. The monoisotopic (exact) mass is 258 g/mol. The van der Waals surface area contributed by atoms with Crippen LogP contribution >= 0.6 is 0 Å². The smallest absolute Gasteiger partial charge is 0.147 e. The maximum Gasteiger partial charge on any atom is 0.147 e. The van der Waals surface area contributed by atoms with Crippen molar-refractivity contribution in [1.82, 2.24) is 4.98 Å². The van der Waals surface area contributed by atoms with Gasteiger partial charge < -0.3 is 15.4 Å². The van der Waals surface area contributed by atoms with Gasteiger partial charge in [-0.25, -0.2) is 4.98 Å². The van der Waals surface area contributed by atoms with Crippen molar-refractivity contribution in [1.29, 1.82) is 5.26 Å². The van der Waals surface area contributed by atoms with Gasteiger partial charge in [0.15, 0.2) is 0 Å². The highest BCUT2D eigenvalue weighted by atomic mass is 16.5. The van der Waals surface area contributed by atoms with Gasteiger partial charge >= 0.3 is 0 Å². The van der Waals surface area contributed by atoms with Crippen molar-refractivity contribution in [2.45, 2.75) is 37.8 Å². The fraction of sp³-hybridized carbons (Fsp3) is 0.571. The predicted molar refractivity (Wildman–Crippen MR) is 72.7 cm³/mol. The molecule has 0 radical (unpaired) electrons. The Balaban J connectivity index is 1.94. The van der Waals surface area contributed by atoms with Crippen LogP contribution in [0.1, 0.15) is 31.2 Å². The van der Waals surface area contributed by atoms with Gasteiger partial charge in [-0.2, -0.15) is 5.26 Å². The van der Waals surface area contributed by atoms with Gasteiger partial charge in [0.1, 0.15) is 11.9 Å². The molecule has 19 heavy (non-hydrogen) atoms. The highest BCUT2D eigenvalue weighted by Crippen LogP contribution is 2.32. The summed E-state index contributed by atoms with van der Waals surface area (Å²) < 4.78 is 5.85. The Morgan fingerprint density at radius 1 is 1.42 bits per heavy atom. The van der Waals surface area contributed by atoms with E-state index in [1.54, 1.807) is 12.3 Å². The molecule has 1 saturated carbocycles. The summed E-state index contributed by atoms with van der Waals surface area (Å²) in [6.07, 6.45) is 6.59. The zero-order chi connectivity index (χ0) is 13.2. The van der Waals surface area contributed by atoms with Gasteiger partial charge in [-0.1, -0.05) is 12.8 Å². The van der Waals surface area contributed by atoms with E-state index in [4.69, 9.17) is 10.5 Å². The van der Waals surface area contributed by atoms with Gasteiger partial charge in [-0.15, -0.1) is 0 Å². The molecule has 2 heterocycles. The topological polar surface area (TPSA) is 75.2 Å². The third kappa shape index (κ3) is 2.24. The Morgan fingerprint density at radius 3 is 3.11 bits per heavy atom. The lowest BCUT2D eigenvalue weighted by molar-refractivity contribution is -0.00900. The van der Waals surface area contributed by atoms with Gasteiger partial charge in [-0.05, 0) is 18.9 Å². The van der Waals surface area contributed by atoms with E-state index in [2.05, 4.69) is 16.0 Å². The summed E-state index contributed by atoms with van der Waals surface area (Å²) in [5, 5.41) is 9.27. The average molecular weight is 258 g/mol. The first-order valence-electron chi connectivity index (χ1n) is 6.83. The number of nitrogen functional groups attached to an aromatic ring is 1. The second-order valence-electron chi connectivity index (χ2n) is 5.21. The second-order valence-corrected chi connectivity index (χ2v) is 5.21. The van der Waals surface area contributed by atoms with Crippen LogP contribution in [0.15, 0.2) is 12.3 Å². The molecule has 2 N–H and O–H groups in total. The van der Waals surface area contributed by atoms with Crippen LogP contribution in [0.25, 0.3) is 0 Å². The molecule has 2 unspecified atom stereocenters. The number of morpholine rings is 1. The summed E-state index contributed by atoms with van der Waals surface area (Å²) in [5.74, 6) is 0.761. The first-order valence-corrected chi connectivity index (χ1v) is 6.83. The molecular weight excluding hydrogens is 240 g/mol. The molecule has 1 aliphatic heterocycles. The molecule has 5 heteroatoms. The number of pyridine rings is 1. The van der Waals surface area contributed by atoms with Crippen molar-refractivity contribution in [3.63, 3.8) is 0 Å². The highest BCUT2D eigenvalue weighted by Gasteiger charge is 2.35. The Labute approximate surface area is 113 Å². The summed E-state index contributed by atoms with van der Waals surface area (Å²) >= 11 is 0. The Bertz CT molecular complexity index is 509. The lowest BCUT2D eigenvalue weighted by Gasteiger charge is -2.44. The number of aromatic nitrogens is 1. The summed E-state index contributed by atoms with van der Waals surface area (Å²) in [6.45, 7) is 1.50. The number of nitrogens with zero attached hydrogens (tertiary/aromatic N) is 3. The van der Waals surface area contributed by atoms with E-state index in [1.165, 1.54) is 12.8 Å². The van der Waals surface area contributed by atoms with Crippen LogP contribution in [-0.2, 0) is 4.74 Å².